The summed E-state index contributed by atoms with van der Waals surface area (Å²) in [5.74, 6) is -0.632. The third-order valence-electron chi connectivity index (χ3n) is 6.67. The number of hydrogen-bond acceptors (Lipinski definition) is 5. The van der Waals surface area contributed by atoms with Crippen molar-refractivity contribution in [3.63, 3.8) is 0 Å². The molecule has 1 unspecified atom stereocenters. The van der Waals surface area contributed by atoms with Crippen molar-refractivity contribution in [1.29, 1.82) is 0 Å². The third kappa shape index (κ3) is 4.91. The summed E-state index contributed by atoms with van der Waals surface area (Å²) in [5, 5.41) is 11.7. The molecule has 40 heavy (non-hydrogen) atoms. The van der Waals surface area contributed by atoms with E-state index in [9.17, 15) is 14.7 Å². The van der Waals surface area contributed by atoms with Gasteiger partial charge in [0.05, 0.1) is 23.9 Å². The van der Waals surface area contributed by atoms with Gasteiger partial charge in [-0.1, -0.05) is 86.5 Å². The van der Waals surface area contributed by atoms with Crippen LogP contribution in [0.1, 0.15) is 36.7 Å². The zero-order chi connectivity index (χ0) is 29.2. The van der Waals surface area contributed by atoms with Crippen LogP contribution in [0.5, 0.6) is 0 Å². The van der Waals surface area contributed by atoms with Crippen LogP contribution in [0.15, 0.2) is 83.3 Å². The molecule has 3 amide bonds. The number of amides is 3. The molecule has 1 aromatic heterocycles. The average molecular weight is 670 g/mol. The Labute approximate surface area is 249 Å². The van der Waals surface area contributed by atoms with E-state index in [1.54, 1.807) is 69.3 Å². The molecule has 0 radical (unpaired) electrons. The Hall–Kier alpha value is -3.60. The summed E-state index contributed by atoms with van der Waals surface area (Å²) in [4.78, 5) is 46.4. The van der Waals surface area contributed by atoms with E-state index in [0.717, 1.165) is 17.1 Å². The third-order valence-corrected chi connectivity index (χ3v) is 7.72. The van der Waals surface area contributed by atoms with Gasteiger partial charge in [-0.3, -0.25) is 0 Å². The molecule has 1 N–H and O–H groups in total. The fourth-order valence-corrected chi connectivity index (χ4v) is 5.92. The summed E-state index contributed by atoms with van der Waals surface area (Å²) < 4.78 is 4.69. The number of hydrogen-bond donors (Lipinski definition) is 1. The number of fused-ring (bicyclic) bond motifs is 1. The van der Waals surface area contributed by atoms with E-state index in [2.05, 4.69) is 31.9 Å². The Bertz CT molecular complexity index is 1590. The van der Waals surface area contributed by atoms with Gasteiger partial charge in [0, 0.05) is 38.4 Å². The van der Waals surface area contributed by atoms with Crippen LogP contribution in [0, 0.1) is 0 Å². The van der Waals surface area contributed by atoms with Crippen molar-refractivity contribution in [2.24, 2.45) is 0 Å². The molecule has 4 aromatic rings. The first-order valence-electron chi connectivity index (χ1n) is 12.3. The maximum atomic E-state index is 15.3. The maximum absolute atomic E-state index is 15.3. The number of carbonyl (C=O) groups excluding carboxylic acids is 2. The number of alkyl halides is 1. The van der Waals surface area contributed by atoms with Crippen LogP contribution in [0.25, 0.3) is 22.2 Å². The predicted octanol–water partition coefficient (Wildman–Crippen LogP) is 8.17. The minimum atomic E-state index is -1.64. The Morgan fingerprint density at radius 2 is 1.57 bits per heavy atom. The Morgan fingerprint density at radius 3 is 2.10 bits per heavy atom. The van der Waals surface area contributed by atoms with Crippen LogP contribution in [0.2, 0.25) is 0 Å². The van der Waals surface area contributed by atoms with Gasteiger partial charge in [-0.15, -0.1) is 4.59 Å². The van der Waals surface area contributed by atoms with E-state index < -0.39 is 28.2 Å². The maximum Gasteiger partial charge on any atom is 0.466 e. The second kappa shape index (κ2) is 11.5. The van der Waals surface area contributed by atoms with Gasteiger partial charge >= 0.3 is 18.1 Å². The highest BCUT2D eigenvalue weighted by atomic mass is 79.9. The van der Waals surface area contributed by atoms with Gasteiger partial charge in [0.15, 0.2) is 5.69 Å². The molecular formula is C30H28Br2N3O5+. The fraction of sp³-hybridized carbons (Fsp3) is 0.200. The van der Waals surface area contributed by atoms with E-state index in [-0.39, 0.29) is 16.6 Å². The minimum absolute atomic E-state index is 0.238. The van der Waals surface area contributed by atoms with E-state index in [1.807, 2.05) is 30.3 Å². The zero-order valence-electron chi connectivity index (χ0n) is 22.4. The Kier molecular flexibility index (Phi) is 8.44. The zero-order valence-corrected chi connectivity index (χ0v) is 25.6. The molecule has 4 rings (SSSR count). The molecule has 3 aromatic carbocycles. The van der Waals surface area contributed by atoms with Crippen molar-refractivity contribution < 1.29 is 24.2 Å². The van der Waals surface area contributed by atoms with Gasteiger partial charge in [-0.2, -0.15) is 0 Å². The van der Waals surface area contributed by atoms with Crippen LogP contribution in [0.4, 0.5) is 15.3 Å². The normalized spacial score (nSPS) is 12.9. The number of methoxy groups -OCH3 is 1. The molecule has 0 fully saturated rings. The van der Waals surface area contributed by atoms with Crippen molar-refractivity contribution in [2.75, 3.05) is 7.11 Å². The molecule has 0 aliphatic rings. The number of rotatable bonds is 4. The summed E-state index contributed by atoms with van der Waals surface area (Å²) in [5.41, 5.74) is 1.76. The van der Waals surface area contributed by atoms with Crippen molar-refractivity contribution in [3.05, 3.63) is 94.5 Å². The number of halogens is 2. The molecule has 0 saturated carbocycles. The van der Waals surface area contributed by atoms with Crippen molar-refractivity contribution in [1.82, 2.24) is 14.6 Å². The van der Waals surface area contributed by atoms with Gasteiger partial charge in [-0.05, 0) is 37.9 Å². The number of carboxylic acid groups (broad SMARTS) is 1. The van der Waals surface area contributed by atoms with Crippen molar-refractivity contribution >= 4 is 66.5 Å². The average Bonchev–Trinajstić information content (AvgIpc) is 2.93. The number of benzene rings is 3. The first-order valence-corrected chi connectivity index (χ1v) is 14.2. The van der Waals surface area contributed by atoms with Crippen LogP contribution >= 0.6 is 31.9 Å². The topological polar surface area (TPSA) is 96.8 Å². The first-order chi connectivity index (χ1) is 19.0. The monoisotopic (exact) mass is 668 g/mol. The van der Waals surface area contributed by atoms with Gasteiger partial charge < -0.3 is 9.84 Å². The second-order valence-electron chi connectivity index (χ2n) is 9.99. The number of aromatic nitrogens is 1. The lowest BCUT2D eigenvalue weighted by Crippen LogP contribution is -2.76. The SMILES string of the molecule is COC(=O)N(C(=O)O)[N+](C(=O)c1c(CBr)c(-c2ccccc2)nc2cc(Br)ccc12)(c1ccccc1)C(C)(C)C. The quantitative estimate of drug-likeness (QED) is 0.134. The number of pyridine rings is 1. The predicted molar refractivity (Wildman–Crippen MR) is 162 cm³/mol. The molecule has 0 bridgehead atoms. The smallest absolute Gasteiger partial charge is 0.461 e. The van der Waals surface area contributed by atoms with Crippen LogP contribution < -0.4 is 4.59 Å². The Balaban J connectivity index is 2.24. The summed E-state index contributed by atoms with van der Waals surface area (Å²) in [7, 11) is 1.09. The number of carbonyl (C=O) groups is 3. The van der Waals surface area contributed by atoms with E-state index >= 15 is 4.79 Å². The lowest BCUT2D eigenvalue weighted by Gasteiger charge is -2.47. The van der Waals surface area contributed by atoms with Gasteiger partial charge in [0.1, 0.15) is 5.54 Å². The van der Waals surface area contributed by atoms with Gasteiger partial charge in [0.25, 0.3) is 0 Å². The molecule has 206 valence electrons. The standard InChI is InChI=1S/C30H27Br2N3O5/c1-30(2,3)35(21-13-9-6-10-14-21,34(28(37)38)29(39)40-4)27(36)25-22-16-15-20(32)17-24(22)33-26(23(25)18-31)19-11-7-5-8-12-19/h5-17H,18H2,1-4H3/p+1. The number of quaternary nitrogens is 1. The van der Waals surface area contributed by atoms with Gasteiger partial charge in [-0.25, -0.2) is 19.4 Å². The van der Waals surface area contributed by atoms with Crippen LogP contribution in [-0.4, -0.2) is 45.8 Å². The molecule has 10 heteroatoms. The fourth-order valence-electron chi connectivity index (χ4n) is 5.02. The molecule has 1 atom stereocenters. The summed E-state index contributed by atoms with van der Waals surface area (Å²) in [6.07, 6.45) is -2.83. The number of para-hydroxylation sites is 1. The summed E-state index contributed by atoms with van der Waals surface area (Å²) in [6.45, 7) is 5.13. The minimum Gasteiger partial charge on any atom is -0.461 e. The van der Waals surface area contributed by atoms with Crippen LogP contribution in [-0.2, 0) is 10.1 Å². The van der Waals surface area contributed by atoms with Crippen LogP contribution in [0.3, 0.4) is 0 Å². The lowest BCUT2D eigenvalue weighted by molar-refractivity contribution is -0.0330. The first kappa shape index (κ1) is 29.4. The highest BCUT2D eigenvalue weighted by Gasteiger charge is 2.61. The van der Waals surface area contributed by atoms with E-state index in [0.29, 0.717) is 27.2 Å². The molecule has 0 aliphatic carbocycles. The summed E-state index contributed by atoms with van der Waals surface area (Å²) >= 11 is 7.08. The van der Waals surface area contributed by atoms with E-state index in [4.69, 9.17) is 9.72 Å². The molecule has 0 aliphatic heterocycles. The molecule has 8 nitrogen and oxygen atoms in total. The summed E-state index contributed by atoms with van der Waals surface area (Å²) in [6, 6.07) is 23.2. The van der Waals surface area contributed by atoms with Gasteiger partial charge in [0.2, 0.25) is 0 Å². The lowest BCUT2D eigenvalue weighted by atomic mass is 9.93. The molecule has 0 spiro atoms. The number of imide groups is 1. The molecule has 1 heterocycles. The van der Waals surface area contributed by atoms with E-state index in [1.165, 1.54) is 0 Å². The second-order valence-corrected chi connectivity index (χ2v) is 11.5. The van der Waals surface area contributed by atoms with Crippen molar-refractivity contribution in [3.8, 4) is 11.3 Å². The number of nitrogens with zero attached hydrogens (tertiary/aromatic N) is 3. The molecular weight excluding hydrogens is 642 g/mol. The van der Waals surface area contributed by atoms with Crippen molar-refractivity contribution in [2.45, 2.75) is 31.6 Å². The highest BCUT2D eigenvalue weighted by molar-refractivity contribution is 9.10. The largest absolute Gasteiger partial charge is 0.466 e. The Morgan fingerprint density at radius 1 is 0.975 bits per heavy atom. The number of ether oxygens (including phenoxy) is 1. The highest BCUT2D eigenvalue weighted by Crippen LogP contribution is 2.42. The molecule has 0 saturated heterocycles.